The Labute approximate surface area is 181 Å². The Bertz CT molecular complexity index is 1190. The van der Waals surface area contributed by atoms with E-state index in [0.717, 1.165) is 12.1 Å². The summed E-state index contributed by atoms with van der Waals surface area (Å²) >= 11 is 0. The Hall–Kier alpha value is -2.79. The molecule has 1 saturated heterocycles. The van der Waals surface area contributed by atoms with Crippen LogP contribution in [0.5, 0.6) is 0 Å². The first-order valence-corrected chi connectivity index (χ1v) is 11.5. The lowest BCUT2D eigenvalue weighted by Crippen LogP contribution is -2.39. The second kappa shape index (κ2) is 8.62. The van der Waals surface area contributed by atoms with E-state index in [2.05, 4.69) is 10.1 Å². The molecule has 0 spiro atoms. The van der Waals surface area contributed by atoms with Gasteiger partial charge in [0.2, 0.25) is 21.7 Å². The predicted octanol–water partition coefficient (Wildman–Crippen LogP) is 4.60. The number of benzene rings is 2. The maximum absolute atomic E-state index is 13.1. The number of hydrogen-bond acceptors (Lipinski definition) is 5. The molecule has 0 radical (unpaired) electrons. The number of alkyl halides is 3. The van der Waals surface area contributed by atoms with Crippen LogP contribution >= 0.6 is 0 Å². The third-order valence-electron chi connectivity index (χ3n) is 5.27. The molecule has 0 bridgehead atoms. The fourth-order valence-corrected chi connectivity index (χ4v) is 5.25. The van der Waals surface area contributed by atoms with Crippen LogP contribution in [0.25, 0.3) is 11.4 Å². The molecule has 6 nitrogen and oxygen atoms in total. The summed E-state index contributed by atoms with van der Waals surface area (Å²) in [5, 5.41) is 3.90. The van der Waals surface area contributed by atoms with Crippen molar-refractivity contribution in [1.29, 1.82) is 0 Å². The monoisotopic (exact) mass is 469 g/mol. The standard InChI is InChI=1S/C21H19F4N3O3S/c22-18-8-6-15(7-9-18)19-26-20(31-27-19)16-4-2-10-28(12-16)32(29,30)13-14-3-1-5-17(11-14)21(23,24)25/h1,3,5-9,11,16H,2,4,10,12-13H2. The number of halogens is 4. The average Bonchev–Trinajstić information content (AvgIpc) is 3.24. The van der Waals surface area contributed by atoms with E-state index < -0.39 is 33.3 Å². The lowest BCUT2D eigenvalue weighted by Gasteiger charge is -2.30. The number of hydrogen-bond donors (Lipinski definition) is 0. The summed E-state index contributed by atoms with van der Waals surface area (Å²) in [6.07, 6.45) is -3.38. The number of nitrogens with zero attached hydrogens (tertiary/aromatic N) is 3. The summed E-state index contributed by atoms with van der Waals surface area (Å²) in [6, 6.07) is 9.88. The Balaban J connectivity index is 1.48. The van der Waals surface area contributed by atoms with Crippen LogP contribution in [0.2, 0.25) is 0 Å². The van der Waals surface area contributed by atoms with Crippen molar-refractivity contribution >= 4 is 10.0 Å². The minimum atomic E-state index is -4.55. The molecular weight excluding hydrogens is 450 g/mol. The quantitative estimate of drug-likeness (QED) is 0.511. The van der Waals surface area contributed by atoms with Gasteiger partial charge < -0.3 is 4.52 Å². The van der Waals surface area contributed by atoms with E-state index in [9.17, 15) is 26.0 Å². The van der Waals surface area contributed by atoms with Crippen molar-refractivity contribution in [3.05, 3.63) is 71.4 Å². The van der Waals surface area contributed by atoms with Crippen molar-refractivity contribution in [2.45, 2.75) is 30.7 Å². The van der Waals surface area contributed by atoms with Gasteiger partial charge in [0.15, 0.2) is 0 Å². The highest BCUT2D eigenvalue weighted by Gasteiger charge is 2.34. The molecule has 0 N–H and O–H groups in total. The highest BCUT2D eigenvalue weighted by atomic mass is 32.2. The van der Waals surface area contributed by atoms with E-state index in [0.29, 0.717) is 18.4 Å². The molecule has 1 atom stereocenters. The third kappa shape index (κ3) is 4.99. The molecule has 0 amide bonds. The summed E-state index contributed by atoms with van der Waals surface area (Å²) in [4.78, 5) is 4.33. The van der Waals surface area contributed by atoms with Gasteiger partial charge in [-0.3, -0.25) is 0 Å². The summed E-state index contributed by atoms with van der Waals surface area (Å²) in [7, 11) is -3.86. The zero-order valence-electron chi connectivity index (χ0n) is 16.7. The van der Waals surface area contributed by atoms with Gasteiger partial charge in [-0.25, -0.2) is 17.1 Å². The molecule has 11 heteroatoms. The molecule has 0 aliphatic carbocycles. The molecule has 1 unspecified atom stereocenters. The molecule has 32 heavy (non-hydrogen) atoms. The largest absolute Gasteiger partial charge is 0.416 e. The lowest BCUT2D eigenvalue weighted by molar-refractivity contribution is -0.137. The molecule has 1 aromatic heterocycles. The van der Waals surface area contributed by atoms with Gasteiger partial charge in [-0.1, -0.05) is 23.4 Å². The van der Waals surface area contributed by atoms with Crippen LogP contribution < -0.4 is 0 Å². The van der Waals surface area contributed by atoms with Crippen molar-refractivity contribution in [2.24, 2.45) is 0 Å². The zero-order chi connectivity index (χ0) is 22.9. The van der Waals surface area contributed by atoms with Gasteiger partial charge in [0.1, 0.15) is 5.82 Å². The summed E-state index contributed by atoms with van der Waals surface area (Å²) in [6.45, 7) is 0.350. The molecule has 1 aliphatic heterocycles. The van der Waals surface area contributed by atoms with Crippen LogP contribution in [0.4, 0.5) is 17.6 Å². The lowest BCUT2D eigenvalue weighted by atomic mass is 10.00. The SMILES string of the molecule is O=S(=O)(Cc1cccc(C(F)(F)F)c1)N1CCCC(c2nc(-c3ccc(F)cc3)no2)C1. The van der Waals surface area contributed by atoms with Crippen molar-refractivity contribution in [3.8, 4) is 11.4 Å². The molecule has 4 rings (SSSR count). The number of sulfonamides is 1. The van der Waals surface area contributed by atoms with Crippen LogP contribution in [0.15, 0.2) is 53.1 Å². The summed E-state index contributed by atoms with van der Waals surface area (Å²) in [5.74, 6) is -0.741. The summed E-state index contributed by atoms with van der Waals surface area (Å²) in [5.41, 5.74) is -0.259. The average molecular weight is 469 g/mol. The van der Waals surface area contributed by atoms with Gasteiger partial charge in [0, 0.05) is 18.7 Å². The molecule has 170 valence electrons. The molecule has 2 heterocycles. The van der Waals surface area contributed by atoms with Crippen LogP contribution in [0, 0.1) is 5.82 Å². The fraction of sp³-hybridized carbons (Fsp3) is 0.333. The third-order valence-corrected chi connectivity index (χ3v) is 7.09. The second-order valence-corrected chi connectivity index (χ2v) is 9.58. The number of aromatic nitrogens is 2. The van der Waals surface area contributed by atoms with E-state index in [-0.39, 0.29) is 36.3 Å². The van der Waals surface area contributed by atoms with E-state index in [4.69, 9.17) is 4.52 Å². The Morgan fingerprint density at radius 3 is 2.59 bits per heavy atom. The van der Waals surface area contributed by atoms with Crippen LogP contribution in [-0.2, 0) is 22.0 Å². The second-order valence-electron chi connectivity index (χ2n) is 7.61. The van der Waals surface area contributed by atoms with Crippen molar-refractivity contribution in [1.82, 2.24) is 14.4 Å². The molecule has 0 saturated carbocycles. The minimum Gasteiger partial charge on any atom is -0.339 e. The normalized spacial score (nSPS) is 18.1. The maximum Gasteiger partial charge on any atom is 0.416 e. The first-order valence-electron chi connectivity index (χ1n) is 9.85. The number of rotatable bonds is 5. The maximum atomic E-state index is 13.1. The van der Waals surface area contributed by atoms with Gasteiger partial charge in [0.05, 0.1) is 17.2 Å². The van der Waals surface area contributed by atoms with E-state index in [1.165, 1.54) is 40.7 Å². The van der Waals surface area contributed by atoms with Crippen LogP contribution in [0.3, 0.4) is 0 Å². The molecule has 3 aromatic rings. The molecular formula is C21H19F4N3O3S. The molecule has 1 fully saturated rings. The highest BCUT2D eigenvalue weighted by Crippen LogP contribution is 2.32. The predicted molar refractivity (Wildman–Crippen MR) is 107 cm³/mol. The van der Waals surface area contributed by atoms with Crippen molar-refractivity contribution in [2.75, 3.05) is 13.1 Å². The number of piperidine rings is 1. The van der Waals surface area contributed by atoms with E-state index in [1.54, 1.807) is 0 Å². The van der Waals surface area contributed by atoms with Gasteiger partial charge >= 0.3 is 6.18 Å². The van der Waals surface area contributed by atoms with Gasteiger partial charge in [-0.05, 0) is 48.7 Å². The molecule has 2 aromatic carbocycles. The van der Waals surface area contributed by atoms with Crippen molar-refractivity contribution in [3.63, 3.8) is 0 Å². The van der Waals surface area contributed by atoms with Crippen LogP contribution in [-0.4, -0.2) is 36.0 Å². The van der Waals surface area contributed by atoms with E-state index in [1.807, 2.05) is 0 Å². The van der Waals surface area contributed by atoms with Gasteiger partial charge in [-0.15, -0.1) is 0 Å². The van der Waals surface area contributed by atoms with E-state index >= 15 is 0 Å². The zero-order valence-corrected chi connectivity index (χ0v) is 17.5. The van der Waals surface area contributed by atoms with Crippen molar-refractivity contribution < 1.29 is 30.5 Å². The molecule has 1 aliphatic rings. The van der Waals surface area contributed by atoms with Gasteiger partial charge in [0.25, 0.3) is 0 Å². The first kappa shape index (κ1) is 22.4. The minimum absolute atomic E-state index is 0.0679. The highest BCUT2D eigenvalue weighted by molar-refractivity contribution is 7.88. The first-order chi connectivity index (χ1) is 15.1. The summed E-state index contributed by atoms with van der Waals surface area (Å²) < 4.78 is 84.3. The fourth-order valence-electron chi connectivity index (χ4n) is 3.65. The Morgan fingerprint density at radius 2 is 1.88 bits per heavy atom. The Morgan fingerprint density at radius 1 is 1.12 bits per heavy atom. The van der Waals surface area contributed by atoms with Crippen LogP contribution in [0.1, 0.15) is 35.8 Å². The Kier molecular flexibility index (Phi) is 6.04. The van der Waals surface area contributed by atoms with Gasteiger partial charge in [-0.2, -0.15) is 18.2 Å². The topological polar surface area (TPSA) is 76.3 Å². The smallest absolute Gasteiger partial charge is 0.339 e.